The zero-order valence-electron chi connectivity index (χ0n) is 8.66. The van der Waals surface area contributed by atoms with Crippen molar-refractivity contribution in [2.45, 2.75) is 11.9 Å². The van der Waals surface area contributed by atoms with Crippen LogP contribution in [0.15, 0.2) is 35.4 Å². The Hall–Kier alpha value is -0.600. The second-order valence-corrected chi connectivity index (χ2v) is 5.16. The number of benzene rings is 1. The predicted molar refractivity (Wildman–Crippen MR) is 68.9 cm³/mol. The van der Waals surface area contributed by atoms with Crippen LogP contribution in [0.25, 0.3) is 10.9 Å². The number of hydrogen-bond acceptors (Lipinski definition) is 1. The van der Waals surface area contributed by atoms with Gasteiger partial charge in [-0.2, -0.15) is 0 Å². The van der Waals surface area contributed by atoms with Gasteiger partial charge in [-0.15, -0.1) is 23.4 Å². The van der Waals surface area contributed by atoms with Crippen molar-refractivity contribution in [1.29, 1.82) is 0 Å². The highest BCUT2D eigenvalue weighted by Gasteiger charge is 2.04. The number of thioether (sulfide) groups is 1. The number of halogens is 1. The lowest BCUT2D eigenvalue weighted by atomic mass is 10.3. The molecule has 0 amide bonds. The predicted octanol–water partition coefficient (Wildman–Crippen LogP) is 4.13. The van der Waals surface area contributed by atoms with E-state index < -0.39 is 0 Å². The molecule has 1 unspecified atom stereocenters. The van der Waals surface area contributed by atoms with E-state index in [9.17, 15) is 0 Å². The van der Waals surface area contributed by atoms with E-state index in [1.165, 1.54) is 15.9 Å². The lowest BCUT2D eigenvalue weighted by Gasteiger charge is -2.04. The number of hydrogen-bond donors (Lipinski definition) is 1. The molecule has 1 N–H and O–H groups in total. The van der Waals surface area contributed by atoms with Gasteiger partial charge in [0.25, 0.3) is 0 Å². The standard InChI is InChI=1S/C12H14ClNS/c1-9(7-13)8-15-12-6-10-4-2-3-5-11(10)14-12/h2-6,9,14H,7-8H2,1H3. The summed E-state index contributed by atoms with van der Waals surface area (Å²) in [5.74, 6) is 2.35. The highest BCUT2D eigenvalue weighted by atomic mass is 35.5. The van der Waals surface area contributed by atoms with E-state index in [4.69, 9.17) is 11.6 Å². The van der Waals surface area contributed by atoms with Crippen LogP contribution in [0.1, 0.15) is 6.92 Å². The molecule has 0 saturated carbocycles. The van der Waals surface area contributed by atoms with Crippen molar-refractivity contribution in [3.63, 3.8) is 0 Å². The van der Waals surface area contributed by atoms with E-state index in [0.29, 0.717) is 5.92 Å². The van der Waals surface area contributed by atoms with Gasteiger partial charge in [0.2, 0.25) is 0 Å². The SMILES string of the molecule is CC(CCl)CSc1cc2ccccc2[nH]1. The van der Waals surface area contributed by atoms with Crippen molar-refractivity contribution in [1.82, 2.24) is 4.98 Å². The summed E-state index contributed by atoms with van der Waals surface area (Å²) < 4.78 is 0. The van der Waals surface area contributed by atoms with E-state index >= 15 is 0 Å². The Bertz CT molecular complexity index is 405. The summed E-state index contributed by atoms with van der Waals surface area (Å²) in [4.78, 5) is 3.39. The van der Waals surface area contributed by atoms with Crippen molar-refractivity contribution < 1.29 is 0 Å². The molecule has 1 atom stereocenters. The van der Waals surface area contributed by atoms with Crippen molar-refractivity contribution >= 4 is 34.3 Å². The Kier molecular flexibility index (Phi) is 3.60. The number of aromatic nitrogens is 1. The largest absolute Gasteiger partial charge is 0.350 e. The van der Waals surface area contributed by atoms with Crippen LogP contribution < -0.4 is 0 Å². The highest BCUT2D eigenvalue weighted by Crippen LogP contribution is 2.24. The van der Waals surface area contributed by atoms with Gasteiger partial charge in [0.1, 0.15) is 0 Å². The van der Waals surface area contributed by atoms with Crippen molar-refractivity contribution in [3.8, 4) is 0 Å². The van der Waals surface area contributed by atoms with Gasteiger partial charge in [-0.3, -0.25) is 0 Å². The van der Waals surface area contributed by atoms with Crippen LogP contribution in [0.3, 0.4) is 0 Å². The molecule has 0 aliphatic carbocycles. The fourth-order valence-corrected chi connectivity index (χ4v) is 2.61. The average Bonchev–Trinajstić information content (AvgIpc) is 2.68. The van der Waals surface area contributed by atoms with Gasteiger partial charge in [0, 0.05) is 22.5 Å². The minimum absolute atomic E-state index is 0.558. The maximum Gasteiger partial charge on any atom is 0.0732 e. The second kappa shape index (κ2) is 4.95. The van der Waals surface area contributed by atoms with Gasteiger partial charge in [-0.25, -0.2) is 0 Å². The Labute approximate surface area is 99.2 Å². The minimum atomic E-state index is 0.558. The third kappa shape index (κ3) is 2.70. The van der Waals surface area contributed by atoms with E-state index in [-0.39, 0.29) is 0 Å². The van der Waals surface area contributed by atoms with Gasteiger partial charge in [0.05, 0.1) is 5.03 Å². The van der Waals surface area contributed by atoms with Gasteiger partial charge in [-0.05, 0) is 18.1 Å². The number of nitrogens with one attached hydrogen (secondary N) is 1. The molecular formula is C12H14ClNS. The highest BCUT2D eigenvalue weighted by molar-refractivity contribution is 7.99. The summed E-state index contributed by atoms with van der Waals surface area (Å²) >= 11 is 7.61. The lowest BCUT2D eigenvalue weighted by Crippen LogP contribution is -1.98. The van der Waals surface area contributed by atoms with Crippen LogP contribution in [0.4, 0.5) is 0 Å². The quantitative estimate of drug-likeness (QED) is 0.627. The zero-order chi connectivity index (χ0) is 10.7. The average molecular weight is 240 g/mol. The molecule has 0 spiro atoms. The molecule has 1 aromatic heterocycles. The second-order valence-electron chi connectivity index (χ2n) is 3.79. The topological polar surface area (TPSA) is 15.8 Å². The number of fused-ring (bicyclic) bond motifs is 1. The first-order valence-electron chi connectivity index (χ1n) is 5.06. The number of rotatable bonds is 4. The normalized spacial score (nSPS) is 13.2. The summed E-state index contributed by atoms with van der Waals surface area (Å²) in [5, 5.41) is 2.51. The first-order valence-corrected chi connectivity index (χ1v) is 6.58. The van der Waals surface area contributed by atoms with E-state index in [1.54, 1.807) is 0 Å². The van der Waals surface area contributed by atoms with E-state index in [2.05, 4.69) is 42.2 Å². The van der Waals surface area contributed by atoms with Crippen molar-refractivity contribution in [2.24, 2.45) is 5.92 Å². The molecule has 1 nitrogen and oxygen atoms in total. The van der Waals surface area contributed by atoms with Crippen molar-refractivity contribution in [2.75, 3.05) is 11.6 Å². The lowest BCUT2D eigenvalue weighted by molar-refractivity contribution is 0.758. The maximum atomic E-state index is 5.77. The Morgan fingerprint density at radius 1 is 1.40 bits per heavy atom. The molecule has 0 radical (unpaired) electrons. The first-order chi connectivity index (χ1) is 7.29. The summed E-state index contributed by atoms with van der Waals surface area (Å²) in [6.45, 7) is 2.17. The third-order valence-electron chi connectivity index (χ3n) is 2.29. The van der Waals surface area contributed by atoms with Gasteiger partial charge < -0.3 is 4.98 Å². The van der Waals surface area contributed by atoms with Crippen LogP contribution in [-0.4, -0.2) is 16.6 Å². The van der Waals surface area contributed by atoms with Crippen LogP contribution in [0, 0.1) is 5.92 Å². The number of H-pyrrole nitrogens is 1. The van der Waals surface area contributed by atoms with E-state index in [1.807, 2.05) is 11.8 Å². The summed E-state index contributed by atoms with van der Waals surface area (Å²) in [7, 11) is 0. The fourth-order valence-electron chi connectivity index (χ4n) is 1.40. The molecular weight excluding hydrogens is 226 g/mol. The first kappa shape index (κ1) is 10.9. The fraction of sp³-hybridized carbons (Fsp3) is 0.333. The Morgan fingerprint density at radius 2 is 2.20 bits per heavy atom. The van der Waals surface area contributed by atoms with Crippen LogP contribution in [0.5, 0.6) is 0 Å². The molecule has 2 rings (SSSR count). The monoisotopic (exact) mass is 239 g/mol. The molecule has 80 valence electrons. The number of alkyl halides is 1. The Morgan fingerprint density at radius 3 is 2.93 bits per heavy atom. The van der Waals surface area contributed by atoms with Gasteiger partial charge in [-0.1, -0.05) is 25.1 Å². The Balaban J connectivity index is 2.09. The number of para-hydroxylation sites is 1. The molecule has 15 heavy (non-hydrogen) atoms. The van der Waals surface area contributed by atoms with Gasteiger partial charge >= 0.3 is 0 Å². The smallest absolute Gasteiger partial charge is 0.0732 e. The van der Waals surface area contributed by atoms with Crippen LogP contribution in [-0.2, 0) is 0 Å². The van der Waals surface area contributed by atoms with Gasteiger partial charge in [0.15, 0.2) is 0 Å². The molecule has 0 bridgehead atoms. The molecule has 1 aromatic carbocycles. The molecule has 0 saturated heterocycles. The molecule has 2 aromatic rings. The number of aromatic amines is 1. The molecule has 1 heterocycles. The summed E-state index contributed by atoms with van der Waals surface area (Å²) in [5.41, 5.74) is 1.21. The molecule has 3 heteroatoms. The molecule has 0 aliphatic rings. The molecule has 0 aliphatic heterocycles. The molecule has 0 fully saturated rings. The minimum Gasteiger partial charge on any atom is -0.350 e. The van der Waals surface area contributed by atoms with Crippen LogP contribution in [0.2, 0.25) is 0 Å². The van der Waals surface area contributed by atoms with Crippen molar-refractivity contribution in [3.05, 3.63) is 30.3 Å². The zero-order valence-corrected chi connectivity index (χ0v) is 10.2. The third-order valence-corrected chi connectivity index (χ3v) is 4.09. The van der Waals surface area contributed by atoms with Crippen LogP contribution >= 0.6 is 23.4 Å². The summed E-state index contributed by atoms with van der Waals surface area (Å²) in [6.07, 6.45) is 0. The summed E-state index contributed by atoms with van der Waals surface area (Å²) in [6, 6.07) is 10.5. The van der Waals surface area contributed by atoms with E-state index in [0.717, 1.165) is 11.6 Å². The maximum absolute atomic E-state index is 5.77.